The van der Waals surface area contributed by atoms with E-state index in [9.17, 15) is 4.79 Å². The molecule has 2 amide bonds. The van der Waals surface area contributed by atoms with E-state index in [2.05, 4.69) is 41.9 Å². The molecule has 4 rings (SSSR count). The number of hydrogen-bond acceptors (Lipinski definition) is 5. The molecule has 0 spiro atoms. The Balaban J connectivity index is 1.21. The molecule has 1 fully saturated rings. The number of urea groups is 1. The standard InChI is InChI=1S/C18H22N8O/c1-25-23-17(22-24-25)14-5-7-15(8-6-14)21-18(27)19-10-2-12-26-16(9-11-20-26)13-3-4-13/h5-9,11,13H,2-4,10,12H2,1H3,(H2,19,21,27). The van der Waals surface area contributed by atoms with Gasteiger partial charge in [-0.05, 0) is 54.8 Å². The lowest BCUT2D eigenvalue weighted by molar-refractivity contribution is 0.251. The van der Waals surface area contributed by atoms with Gasteiger partial charge in [-0.15, -0.1) is 10.2 Å². The maximum Gasteiger partial charge on any atom is 0.319 e. The average Bonchev–Trinajstić information content (AvgIpc) is 3.24. The van der Waals surface area contributed by atoms with Crippen LogP contribution in [-0.4, -0.2) is 42.6 Å². The van der Waals surface area contributed by atoms with Crippen LogP contribution in [0.1, 0.15) is 30.9 Å². The van der Waals surface area contributed by atoms with Crippen LogP contribution in [0.5, 0.6) is 0 Å². The van der Waals surface area contributed by atoms with Crippen molar-refractivity contribution in [2.45, 2.75) is 31.7 Å². The molecule has 0 saturated heterocycles. The van der Waals surface area contributed by atoms with Gasteiger partial charge in [0.15, 0.2) is 0 Å². The number of aryl methyl sites for hydroxylation is 2. The normalized spacial score (nSPS) is 13.5. The van der Waals surface area contributed by atoms with Crippen molar-refractivity contribution in [1.29, 1.82) is 0 Å². The largest absolute Gasteiger partial charge is 0.338 e. The number of carbonyl (C=O) groups excluding carboxylic acids is 1. The summed E-state index contributed by atoms with van der Waals surface area (Å²) < 4.78 is 2.05. The summed E-state index contributed by atoms with van der Waals surface area (Å²) in [6.07, 6.45) is 5.22. The number of tetrazole rings is 1. The SMILES string of the molecule is Cn1nnc(-c2ccc(NC(=O)NCCCn3nccc3C3CC3)cc2)n1. The van der Waals surface area contributed by atoms with E-state index in [1.54, 1.807) is 7.05 Å². The van der Waals surface area contributed by atoms with Crippen molar-refractivity contribution >= 4 is 11.7 Å². The van der Waals surface area contributed by atoms with Crippen molar-refractivity contribution in [2.75, 3.05) is 11.9 Å². The van der Waals surface area contributed by atoms with E-state index in [1.807, 2.05) is 30.5 Å². The molecule has 0 atom stereocenters. The first-order chi connectivity index (χ1) is 13.2. The lowest BCUT2D eigenvalue weighted by Crippen LogP contribution is -2.30. The Morgan fingerprint density at radius 1 is 1.22 bits per heavy atom. The fourth-order valence-corrected chi connectivity index (χ4v) is 2.96. The summed E-state index contributed by atoms with van der Waals surface area (Å²) in [4.78, 5) is 13.4. The van der Waals surface area contributed by atoms with E-state index in [1.165, 1.54) is 23.3 Å². The van der Waals surface area contributed by atoms with Gasteiger partial charge in [0.25, 0.3) is 0 Å². The number of amides is 2. The molecule has 0 bridgehead atoms. The minimum absolute atomic E-state index is 0.219. The minimum atomic E-state index is -0.219. The Labute approximate surface area is 156 Å². The van der Waals surface area contributed by atoms with Crippen molar-refractivity contribution in [3.63, 3.8) is 0 Å². The fourth-order valence-electron chi connectivity index (χ4n) is 2.96. The summed E-state index contributed by atoms with van der Waals surface area (Å²) in [5.41, 5.74) is 2.88. The average molecular weight is 366 g/mol. The van der Waals surface area contributed by atoms with E-state index in [0.29, 0.717) is 24.0 Å². The summed E-state index contributed by atoms with van der Waals surface area (Å²) >= 11 is 0. The lowest BCUT2D eigenvalue weighted by atomic mass is 10.2. The molecule has 27 heavy (non-hydrogen) atoms. The van der Waals surface area contributed by atoms with Gasteiger partial charge in [0.1, 0.15) is 0 Å². The summed E-state index contributed by atoms with van der Waals surface area (Å²) in [6.45, 7) is 1.41. The fraction of sp³-hybridized carbons (Fsp3) is 0.389. The Bertz CT molecular complexity index is 910. The van der Waals surface area contributed by atoms with Crippen molar-refractivity contribution in [1.82, 2.24) is 35.3 Å². The van der Waals surface area contributed by atoms with Crippen LogP contribution in [0.4, 0.5) is 10.5 Å². The highest BCUT2D eigenvalue weighted by Gasteiger charge is 2.26. The monoisotopic (exact) mass is 366 g/mol. The van der Waals surface area contributed by atoms with E-state index in [-0.39, 0.29) is 6.03 Å². The first-order valence-electron chi connectivity index (χ1n) is 9.10. The molecule has 1 aliphatic carbocycles. The number of nitrogens with one attached hydrogen (secondary N) is 2. The smallest absolute Gasteiger partial charge is 0.319 e. The molecule has 1 aliphatic rings. The first kappa shape index (κ1) is 17.2. The van der Waals surface area contributed by atoms with Crippen LogP contribution in [0.3, 0.4) is 0 Å². The molecule has 0 radical (unpaired) electrons. The van der Waals surface area contributed by atoms with Crippen LogP contribution >= 0.6 is 0 Å². The minimum Gasteiger partial charge on any atom is -0.338 e. The molecule has 9 nitrogen and oxygen atoms in total. The van der Waals surface area contributed by atoms with Crippen LogP contribution in [-0.2, 0) is 13.6 Å². The highest BCUT2D eigenvalue weighted by Crippen LogP contribution is 2.39. The van der Waals surface area contributed by atoms with Crippen LogP contribution in [0.2, 0.25) is 0 Å². The number of aromatic nitrogens is 6. The van der Waals surface area contributed by atoms with Gasteiger partial charge >= 0.3 is 6.03 Å². The van der Waals surface area contributed by atoms with Gasteiger partial charge in [0.05, 0.1) is 7.05 Å². The number of benzene rings is 1. The third-order valence-corrected chi connectivity index (χ3v) is 4.49. The molecule has 2 aromatic heterocycles. The number of anilines is 1. The predicted molar refractivity (Wildman–Crippen MR) is 100 cm³/mol. The molecule has 1 saturated carbocycles. The van der Waals surface area contributed by atoms with Gasteiger partial charge in [-0.2, -0.15) is 9.90 Å². The van der Waals surface area contributed by atoms with Crippen LogP contribution in [0.15, 0.2) is 36.5 Å². The second-order valence-corrected chi connectivity index (χ2v) is 6.67. The Morgan fingerprint density at radius 2 is 2.04 bits per heavy atom. The zero-order valence-electron chi connectivity index (χ0n) is 15.2. The molecular formula is C18H22N8O. The molecule has 9 heteroatoms. The van der Waals surface area contributed by atoms with Crippen molar-refractivity contribution < 1.29 is 4.79 Å². The summed E-state index contributed by atoms with van der Waals surface area (Å²) in [6, 6.07) is 9.21. The van der Waals surface area contributed by atoms with Crippen molar-refractivity contribution in [2.24, 2.45) is 7.05 Å². The van der Waals surface area contributed by atoms with Gasteiger partial charge in [-0.3, -0.25) is 4.68 Å². The highest BCUT2D eigenvalue weighted by atomic mass is 16.2. The Hall–Kier alpha value is -3.23. The van der Waals surface area contributed by atoms with Gasteiger partial charge in [-0.25, -0.2) is 4.79 Å². The number of rotatable bonds is 7. The topological polar surface area (TPSA) is 103 Å². The van der Waals surface area contributed by atoms with Crippen LogP contribution < -0.4 is 10.6 Å². The van der Waals surface area contributed by atoms with E-state index >= 15 is 0 Å². The zero-order chi connectivity index (χ0) is 18.6. The summed E-state index contributed by atoms with van der Waals surface area (Å²) in [5, 5.41) is 22.0. The molecule has 0 aliphatic heterocycles. The molecule has 1 aromatic carbocycles. The third kappa shape index (κ3) is 4.30. The van der Waals surface area contributed by atoms with E-state index in [0.717, 1.165) is 18.5 Å². The Morgan fingerprint density at radius 3 is 2.74 bits per heavy atom. The second kappa shape index (κ2) is 7.56. The quantitative estimate of drug-likeness (QED) is 0.624. The van der Waals surface area contributed by atoms with Crippen molar-refractivity contribution in [3.05, 3.63) is 42.2 Å². The maximum absolute atomic E-state index is 12.0. The number of nitrogens with zero attached hydrogens (tertiary/aromatic N) is 6. The summed E-state index contributed by atoms with van der Waals surface area (Å²) in [5.74, 6) is 1.24. The molecule has 0 unspecified atom stereocenters. The van der Waals surface area contributed by atoms with Gasteiger partial charge in [0.2, 0.25) is 5.82 Å². The van der Waals surface area contributed by atoms with Crippen LogP contribution in [0.25, 0.3) is 11.4 Å². The van der Waals surface area contributed by atoms with Gasteiger partial charge < -0.3 is 10.6 Å². The molecule has 2 heterocycles. The predicted octanol–water partition coefficient (Wildman–Crippen LogP) is 2.16. The number of carbonyl (C=O) groups is 1. The third-order valence-electron chi connectivity index (χ3n) is 4.49. The van der Waals surface area contributed by atoms with Crippen LogP contribution in [0, 0.1) is 0 Å². The molecule has 2 N–H and O–H groups in total. The Kier molecular flexibility index (Phi) is 4.82. The van der Waals surface area contributed by atoms with E-state index in [4.69, 9.17) is 0 Å². The summed E-state index contributed by atoms with van der Waals surface area (Å²) in [7, 11) is 1.72. The first-order valence-corrected chi connectivity index (χ1v) is 9.10. The van der Waals surface area contributed by atoms with E-state index < -0.39 is 0 Å². The van der Waals surface area contributed by atoms with Gasteiger partial charge in [-0.1, -0.05) is 0 Å². The number of hydrogen-bond donors (Lipinski definition) is 2. The molecule has 140 valence electrons. The maximum atomic E-state index is 12.0. The second-order valence-electron chi connectivity index (χ2n) is 6.67. The molecular weight excluding hydrogens is 344 g/mol. The zero-order valence-corrected chi connectivity index (χ0v) is 15.2. The highest BCUT2D eigenvalue weighted by molar-refractivity contribution is 5.89. The molecule has 3 aromatic rings. The van der Waals surface area contributed by atoms with Gasteiger partial charge in [0, 0.05) is 42.1 Å². The lowest BCUT2D eigenvalue weighted by Gasteiger charge is -2.09. The van der Waals surface area contributed by atoms with Crippen molar-refractivity contribution in [3.8, 4) is 11.4 Å².